The molecule has 1 aliphatic rings. The van der Waals surface area contributed by atoms with E-state index in [0.29, 0.717) is 10.7 Å². The summed E-state index contributed by atoms with van der Waals surface area (Å²) in [6, 6.07) is 3.59. The van der Waals surface area contributed by atoms with E-state index < -0.39 is 0 Å². The molecule has 0 radical (unpaired) electrons. The van der Waals surface area contributed by atoms with Crippen molar-refractivity contribution in [3.05, 3.63) is 46.4 Å². The number of pyridine rings is 1. The number of hydrogen-bond donors (Lipinski definition) is 1. The summed E-state index contributed by atoms with van der Waals surface area (Å²) in [6.07, 6.45) is 4.73. The van der Waals surface area contributed by atoms with Crippen LogP contribution in [-0.4, -0.2) is 38.8 Å². The van der Waals surface area contributed by atoms with Gasteiger partial charge in [-0.15, -0.1) is 11.3 Å². The van der Waals surface area contributed by atoms with Gasteiger partial charge in [0.05, 0.1) is 11.4 Å². The molecule has 0 aliphatic carbocycles. The van der Waals surface area contributed by atoms with Gasteiger partial charge in [-0.05, 0) is 26.1 Å². The van der Waals surface area contributed by atoms with Crippen molar-refractivity contribution in [3.63, 3.8) is 0 Å². The maximum absolute atomic E-state index is 12.4. The molecular formula is C16H17N5OS. The minimum atomic E-state index is -0.146. The zero-order chi connectivity index (χ0) is 16.0. The van der Waals surface area contributed by atoms with Crippen LogP contribution in [0.25, 0.3) is 5.65 Å². The van der Waals surface area contributed by atoms with Crippen molar-refractivity contribution in [2.75, 3.05) is 18.9 Å². The lowest BCUT2D eigenvalue weighted by atomic mass is 10.2. The van der Waals surface area contributed by atoms with Gasteiger partial charge in [-0.2, -0.15) is 0 Å². The molecule has 1 N–H and O–H groups in total. The van der Waals surface area contributed by atoms with Crippen molar-refractivity contribution in [3.8, 4) is 0 Å². The summed E-state index contributed by atoms with van der Waals surface area (Å²) in [7, 11) is 2.10. The monoisotopic (exact) mass is 327 g/mol. The molecule has 0 fully saturated rings. The standard InChI is InChI=1S/C16H17N5OS/c1-10-8-21-6-3-11(7-14(21)17-10)15(22)19-16-18-12-4-5-20(2)9-13(12)23-16/h3,6-8H,4-5,9H2,1-2H3,(H,18,19,22). The number of fused-ring (bicyclic) bond motifs is 2. The molecule has 0 spiro atoms. The molecule has 0 saturated carbocycles. The van der Waals surface area contributed by atoms with Crippen LogP contribution in [0.5, 0.6) is 0 Å². The molecule has 118 valence electrons. The molecule has 0 bridgehead atoms. The van der Waals surface area contributed by atoms with E-state index in [2.05, 4.69) is 27.2 Å². The van der Waals surface area contributed by atoms with Gasteiger partial charge < -0.3 is 9.30 Å². The highest BCUT2D eigenvalue weighted by molar-refractivity contribution is 7.15. The summed E-state index contributed by atoms with van der Waals surface area (Å²) in [4.78, 5) is 24.9. The van der Waals surface area contributed by atoms with E-state index in [-0.39, 0.29) is 5.91 Å². The number of thiazole rings is 1. The molecule has 3 aromatic rings. The Labute approximate surface area is 137 Å². The van der Waals surface area contributed by atoms with Crippen LogP contribution >= 0.6 is 11.3 Å². The first kappa shape index (κ1) is 14.3. The number of amides is 1. The van der Waals surface area contributed by atoms with Crippen LogP contribution in [-0.2, 0) is 13.0 Å². The van der Waals surface area contributed by atoms with Gasteiger partial charge in [0, 0.05) is 42.3 Å². The molecule has 0 unspecified atom stereocenters. The fourth-order valence-corrected chi connectivity index (χ4v) is 3.88. The topological polar surface area (TPSA) is 62.5 Å². The number of hydrogen-bond acceptors (Lipinski definition) is 5. The summed E-state index contributed by atoms with van der Waals surface area (Å²) in [6.45, 7) is 3.85. The number of aryl methyl sites for hydroxylation is 1. The summed E-state index contributed by atoms with van der Waals surface area (Å²) in [5.74, 6) is -0.146. The normalized spacial score (nSPS) is 14.9. The number of carbonyl (C=O) groups is 1. The number of nitrogens with one attached hydrogen (secondary N) is 1. The molecule has 23 heavy (non-hydrogen) atoms. The molecule has 4 rings (SSSR count). The van der Waals surface area contributed by atoms with Crippen LogP contribution in [0, 0.1) is 6.92 Å². The summed E-state index contributed by atoms with van der Waals surface area (Å²) in [5, 5.41) is 3.59. The molecular weight excluding hydrogens is 310 g/mol. The third-order valence-electron chi connectivity index (χ3n) is 3.99. The van der Waals surface area contributed by atoms with E-state index in [4.69, 9.17) is 0 Å². The average molecular weight is 327 g/mol. The number of anilines is 1. The van der Waals surface area contributed by atoms with E-state index in [1.807, 2.05) is 23.7 Å². The molecule has 1 aliphatic heterocycles. The zero-order valence-electron chi connectivity index (χ0n) is 13.0. The first-order valence-corrected chi connectivity index (χ1v) is 8.34. The number of carbonyl (C=O) groups excluding carboxylic acids is 1. The molecule has 4 heterocycles. The first-order chi connectivity index (χ1) is 11.1. The molecule has 0 aromatic carbocycles. The van der Waals surface area contributed by atoms with Crippen LogP contribution in [0.1, 0.15) is 26.6 Å². The second-order valence-electron chi connectivity index (χ2n) is 5.89. The molecule has 0 saturated heterocycles. The van der Waals surface area contributed by atoms with Crippen LogP contribution < -0.4 is 5.32 Å². The highest BCUT2D eigenvalue weighted by atomic mass is 32.1. The highest BCUT2D eigenvalue weighted by Gasteiger charge is 2.19. The van der Waals surface area contributed by atoms with E-state index in [9.17, 15) is 4.79 Å². The van der Waals surface area contributed by atoms with Gasteiger partial charge in [0.2, 0.25) is 0 Å². The lowest BCUT2D eigenvalue weighted by molar-refractivity contribution is 0.102. The quantitative estimate of drug-likeness (QED) is 0.785. The van der Waals surface area contributed by atoms with Gasteiger partial charge in [-0.3, -0.25) is 10.1 Å². The maximum atomic E-state index is 12.4. The largest absolute Gasteiger partial charge is 0.307 e. The minimum Gasteiger partial charge on any atom is -0.307 e. The Bertz CT molecular complexity index is 897. The highest BCUT2D eigenvalue weighted by Crippen LogP contribution is 2.28. The molecule has 6 nitrogen and oxygen atoms in total. The molecule has 3 aromatic heterocycles. The summed E-state index contributed by atoms with van der Waals surface area (Å²) < 4.78 is 1.91. The molecule has 1 amide bonds. The fourth-order valence-electron chi connectivity index (χ4n) is 2.80. The van der Waals surface area contributed by atoms with Crippen LogP contribution in [0.3, 0.4) is 0 Å². The average Bonchev–Trinajstić information content (AvgIpc) is 3.07. The second kappa shape index (κ2) is 5.43. The van der Waals surface area contributed by atoms with Gasteiger partial charge in [-0.25, -0.2) is 9.97 Å². The Balaban J connectivity index is 1.56. The first-order valence-electron chi connectivity index (χ1n) is 7.52. The Hall–Kier alpha value is -2.25. The molecule has 0 atom stereocenters. The van der Waals surface area contributed by atoms with E-state index in [1.54, 1.807) is 23.5 Å². The van der Waals surface area contributed by atoms with Gasteiger partial charge >= 0.3 is 0 Å². The summed E-state index contributed by atoms with van der Waals surface area (Å²) in [5.41, 5.74) is 3.41. The SMILES string of the molecule is Cc1cn2ccc(C(=O)Nc3nc4c(s3)CN(C)CC4)cc2n1. The Morgan fingerprint density at radius 2 is 2.26 bits per heavy atom. The Morgan fingerprint density at radius 3 is 3.13 bits per heavy atom. The van der Waals surface area contributed by atoms with Crippen molar-refractivity contribution in [2.24, 2.45) is 0 Å². The van der Waals surface area contributed by atoms with E-state index >= 15 is 0 Å². The Morgan fingerprint density at radius 1 is 1.39 bits per heavy atom. The van der Waals surface area contributed by atoms with Gasteiger partial charge in [0.1, 0.15) is 5.65 Å². The predicted octanol–water partition coefficient (Wildman–Crippen LogP) is 2.34. The van der Waals surface area contributed by atoms with Crippen LogP contribution in [0.2, 0.25) is 0 Å². The van der Waals surface area contributed by atoms with Gasteiger partial charge in [0.25, 0.3) is 5.91 Å². The van der Waals surface area contributed by atoms with Crippen LogP contribution in [0.15, 0.2) is 24.5 Å². The van der Waals surface area contributed by atoms with Crippen molar-refractivity contribution in [1.82, 2.24) is 19.3 Å². The Kier molecular flexibility index (Phi) is 3.39. The van der Waals surface area contributed by atoms with Crippen molar-refractivity contribution in [2.45, 2.75) is 19.9 Å². The number of likely N-dealkylation sites (N-methyl/N-ethyl adjacent to an activating group) is 1. The van der Waals surface area contributed by atoms with E-state index in [0.717, 1.165) is 36.5 Å². The minimum absolute atomic E-state index is 0.146. The van der Waals surface area contributed by atoms with Gasteiger partial charge in [-0.1, -0.05) is 0 Å². The van der Waals surface area contributed by atoms with Gasteiger partial charge in [0.15, 0.2) is 5.13 Å². The fraction of sp³-hybridized carbons (Fsp3) is 0.312. The lowest BCUT2D eigenvalue weighted by Crippen LogP contribution is -2.25. The van der Waals surface area contributed by atoms with Crippen molar-refractivity contribution in [1.29, 1.82) is 0 Å². The number of imidazole rings is 1. The third-order valence-corrected chi connectivity index (χ3v) is 4.98. The molecule has 7 heteroatoms. The van der Waals surface area contributed by atoms with Crippen molar-refractivity contribution < 1.29 is 4.79 Å². The maximum Gasteiger partial charge on any atom is 0.257 e. The number of aromatic nitrogens is 3. The summed E-state index contributed by atoms with van der Waals surface area (Å²) >= 11 is 1.56. The zero-order valence-corrected chi connectivity index (χ0v) is 13.9. The second-order valence-corrected chi connectivity index (χ2v) is 6.98. The predicted molar refractivity (Wildman–Crippen MR) is 90.0 cm³/mol. The number of nitrogens with zero attached hydrogens (tertiary/aromatic N) is 4. The van der Waals surface area contributed by atoms with E-state index in [1.165, 1.54) is 4.88 Å². The third kappa shape index (κ3) is 2.73. The number of rotatable bonds is 2. The lowest BCUT2D eigenvalue weighted by Gasteiger charge is -2.20. The smallest absolute Gasteiger partial charge is 0.257 e. The van der Waals surface area contributed by atoms with Crippen molar-refractivity contribution >= 4 is 28.0 Å². The van der Waals surface area contributed by atoms with Crippen LogP contribution in [0.4, 0.5) is 5.13 Å².